The third kappa shape index (κ3) is 6.81. The van der Waals surface area contributed by atoms with Gasteiger partial charge in [0.15, 0.2) is 0 Å². The van der Waals surface area contributed by atoms with Gasteiger partial charge in [-0.15, -0.1) is 0 Å². The van der Waals surface area contributed by atoms with Gasteiger partial charge < -0.3 is 10.2 Å². The maximum atomic E-state index is 12.7. The van der Waals surface area contributed by atoms with Crippen molar-refractivity contribution < 1.29 is 9.59 Å². The lowest BCUT2D eigenvalue weighted by molar-refractivity contribution is -0.136. The number of hydrogen-bond acceptors (Lipinski definition) is 2. The summed E-state index contributed by atoms with van der Waals surface area (Å²) < 4.78 is 0. The molecule has 1 atom stereocenters. The number of rotatable bonds is 6. The molecule has 0 saturated heterocycles. The Hall–Kier alpha value is -2.88. The lowest BCUT2D eigenvalue weighted by Gasteiger charge is -2.29. The van der Waals surface area contributed by atoms with Gasteiger partial charge in [-0.1, -0.05) is 88.4 Å². The molecule has 1 aliphatic rings. The zero-order chi connectivity index (χ0) is 22.4. The van der Waals surface area contributed by atoms with Crippen LogP contribution in [0.5, 0.6) is 0 Å². The fourth-order valence-electron chi connectivity index (χ4n) is 3.65. The predicted octanol–water partition coefficient (Wildman–Crippen LogP) is 4.97. The smallest absolute Gasteiger partial charge is 0.223 e. The molecule has 0 aromatic heterocycles. The first kappa shape index (κ1) is 22.8. The maximum Gasteiger partial charge on any atom is 0.223 e. The molecule has 4 heteroatoms. The number of benzene rings is 2. The van der Waals surface area contributed by atoms with Crippen LogP contribution in [0.3, 0.4) is 0 Å². The fourth-order valence-corrected chi connectivity index (χ4v) is 3.65. The van der Waals surface area contributed by atoms with Gasteiger partial charge in [0.1, 0.15) is 0 Å². The Kier molecular flexibility index (Phi) is 7.32. The van der Waals surface area contributed by atoms with E-state index in [0.29, 0.717) is 13.1 Å². The van der Waals surface area contributed by atoms with Crippen molar-refractivity contribution in [1.82, 2.24) is 10.2 Å². The summed E-state index contributed by atoms with van der Waals surface area (Å²) in [5.74, 6) is -0.381. The molecule has 0 saturated carbocycles. The average molecular weight is 419 g/mol. The molecule has 1 N–H and O–H groups in total. The number of nitrogens with one attached hydrogen (secondary N) is 1. The zero-order valence-electron chi connectivity index (χ0n) is 19.2. The second-order valence-corrected chi connectivity index (χ2v) is 9.60. The van der Waals surface area contributed by atoms with Crippen molar-refractivity contribution in [2.45, 2.75) is 53.6 Å². The lowest BCUT2D eigenvalue weighted by atomic mass is 9.95. The molecule has 2 aromatic carbocycles. The fraction of sp³-hybridized carbons (Fsp3) is 0.407. The highest BCUT2D eigenvalue weighted by Gasteiger charge is 2.24. The quantitative estimate of drug-likeness (QED) is 0.720. The highest BCUT2D eigenvalue weighted by Crippen LogP contribution is 2.20. The Labute approximate surface area is 186 Å². The third-order valence-electron chi connectivity index (χ3n) is 5.63. The Morgan fingerprint density at radius 3 is 2.42 bits per heavy atom. The molecule has 31 heavy (non-hydrogen) atoms. The predicted molar refractivity (Wildman–Crippen MR) is 126 cm³/mol. The van der Waals surface area contributed by atoms with E-state index in [1.807, 2.05) is 36.1 Å². The summed E-state index contributed by atoms with van der Waals surface area (Å²) in [5, 5.41) is 2.97. The topological polar surface area (TPSA) is 49.4 Å². The zero-order valence-corrected chi connectivity index (χ0v) is 19.2. The monoisotopic (exact) mass is 418 g/mol. The highest BCUT2D eigenvalue weighted by atomic mass is 16.2. The van der Waals surface area contributed by atoms with Gasteiger partial charge in [-0.3, -0.25) is 9.59 Å². The summed E-state index contributed by atoms with van der Waals surface area (Å²) in [6.07, 6.45) is 5.42. The van der Waals surface area contributed by atoms with Gasteiger partial charge in [0.05, 0.1) is 0 Å². The van der Waals surface area contributed by atoms with E-state index in [1.165, 1.54) is 11.1 Å². The maximum absolute atomic E-state index is 12.7. The van der Waals surface area contributed by atoms with Crippen LogP contribution in [0.25, 0.3) is 6.08 Å². The van der Waals surface area contributed by atoms with Gasteiger partial charge in [-0.2, -0.15) is 0 Å². The van der Waals surface area contributed by atoms with Gasteiger partial charge in [0.2, 0.25) is 11.8 Å². The summed E-state index contributed by atoms with van der Waals surface area (Å²) in [4.78, 5) is 27.1. The average Bonchev–Trinajstić information content (AvgIpc) is 2.75. The number of hydrogen-bond donors (Lipinski definition) is 1. The van der Waals surface area contributed by atoms with Crippen molar-refractivity contribution in [2.24, 2.45) is 11.3 Å². The van der Waals surface area contributed by atoms with E-state index in [1.54, 1.807) is 0 Å². The first-order chi connectivity index (χ1) is 14.7. The summed E-state index contributed by atoms with van der Waals surface area (Å²) >= 11 is 0. The molecule has 1 heterocycles. The second kappa shape index (κ2) is 9.95. The van der Waals surface area contributed by atoms with Gasteiger partial charge in [-0.05, 0) is 34.1 Å². The number of carbonyl (C=O) groups is 2. The number of fused-ring (bicyclic) bond motifs is 1. The van der Waals surface area contributed by atoms with E-state index >= 15 is 0 Å². The minimum absolute atomic E-state index is 0.0483. The molecule has 4 nitrogen and oxygen atoms in total. The van der Waals surface area contributed by atoms with E-state index < -0.39 is 0 Å². The molecule has 1 aliphatic heterocycles. The second-order valence-electron chi connectivity index (χ2n) is 9.60. The van der Waals surface area contributed by atoms with Crippen LogP contribution in [0.1, 0.15) is 56.4 Å². The summed E-state index contributed by atoms with van der Waals surface area (Å²) in [6, 6.07) is 16.4. The molecule has 0 bridgehead atoms. The molecule has 0 aliphatic carbocycles. The summed E-state index contributed by atoms with van der Waals surface area (Å²) in [7, 11) is 0. The van der Waals surface area contributed by atoms with Crippen LogP contribution in [0, 0.1) is 11.3 Å². The van der Waals surface area contributed by atoms with E-state index in [0.717, 1.165) is 24.1 Å². The van der Waals surface area contributed by atoms with Crippen molar-refractivity contribution >= 4 is 17.9 Å². The largest absolute Gasteiger partial charge is 0.352 e. The number of allylic oxidation sites excluding steroid dienone is 1. The molecule has 3 rings (SSSR count). The Morgan fingerprint density at radius 1 is 1.06 bits per heavy atom. The van der Waals surface area contributed by atoms with Crippen LogP contribution in [0.2, 0.25) is 0 Å². The Bertz CT molecular complexity index is 938. The molecular weight excluding hydrogens is 384 g/mol. The lowest BCUT2D eigenvalue weighted by Crippen LogP contribution is -2.38. The van der Waals surface area contributed by atoms with Crippen molar-refractivity contribution in [3.05, 3.63) is 76.9 Å². The van der Waals surface area contributed by atoms with Crippen LogP contribution < -0.4 is 5.32 Å². The number of carbonyl (C=O) groups excluding carboxylic acids is 2. The van der Waals surface area contributed by atoms with Crippen LogP contribution in [-0.2, 0) is 29.1 Å². The van der Waals surface area contributed by atoms with Crippen molar-refractivity contribution in [1.29, 1.82) is 0 Å². The van der Waals surface area contributed by atoms with Gasteiger partial charge in [-0.25, -0.2) is 0 Å². The van der Waals surface area contributed by atoms with Gasteiger partial charge in [0.25, 0.3) is 0 Å². The van der Waals surface area contributed by atoms with Crippen LogP contribution in [0.15, 0.2) is 54.6 Å². The van der Waals surface area contributed by atoms with E-state index in [4.69, 9.17) is 0 Å². The number of amides is 2. The minimum Gasteiger partial charge on any atom is -0.352 e. The number of nitrogens with zero attached hydrogens (tertiary/aromatic N) is 1. The van der Waals surface area contributed by atoms with E-state index in [2.05, 4.69) is 62.5 Å². The first-order valence-electron chi connectivity index (χ1n) is 11.1. The standard InChI is InChI=1S/C27H34N2O2/c1-20(17-25(30)29-16-14-23-7-5-6-8-24(23)19-29)26(31)28-18-22-11-9-21(10-12-22)13-15-27(2,3)4/h5-13,15,20H,14,16-19H2,1-4H3,(H,28,31)/b15-13+. The highest BCUT2D eigenvalue weighted by molar-refractivity contribution is 5.85. The van der Waals surface area contributed by atoms with Gasteiger partial charge in [0, 0.05) is 32.0 Å². The first-order valence-corrected chi connectivity index (χ1v) is 11.1. The van der Waals surface area contributed by atoms with Crippen LogP contribution >= 0.6 is 0 Å². The van der Waals surface area contributed by atoms with Crippen LogP contribution in [0.4, 0.5) is 0 Å². The van der Waals surface area contributed by atoms with E-state index in [9.17, 15) is 9.59 Å². The third-order valence-corrected chi connectivity index (χ3v) is 5.63. The van der Waals surface area contributed by atoms with Crippen molar-refractivity contribution in [2.75, 3.05) is 6.54 Å². The Balaban J connectivity index is 1.46. The normalized spacial score (nSPS) is 14.9. The Morgan fingerprint density at radius 2 is 1.74 bits per heavy atom. The van der Waals surface area contributed by atoms with Gasteiger partial charge >= 0.3 is 0 Å². The molecule has 0 radical (unpaired) electrons. The van der Waals surface area contributed by atoms with Crippen LogP contribution in [-0.4, -0.2) is 23.3 Å². The minimum atomic E-state index is -0.348. The molecule has 0 fully saturated rings. The van der Waals surface area contributed by atoms with Crippen molar-refractivity contribution in [3.63, 3.8) is 0 Å². The molecule has 2 amide bonds. The SMILES string of the molecule is CC(CC(=O)N1CCc2ccccc2C1)C(=O)NCc1ccc(/C=C/C(C)(C)C)cc1. The molecular formula is C27H34N2O2. The molecule has 2 aromatic rings. The summed E-state index contributed by atoms with van der Waals surface area (Å²) in [5.41, 5.74) is 4.87. The molecule has 1 unspecified atom stereocenters. The molecule has 164 valence electrons. The van der Waals surface area contributed by atoms with Crippen molar-refractivity contribution in [3.8, 4) is 0 Å². The van der Waals surface area contributed by atoms with E-state index in [-0.39, 0.29) is 29.6 Å². The molecule has 0 spiro atoms. The summed E-state index contributed by atoms with van der Waals surface area (Å²) in [6.45, 7) is 10.2.